The van der Waals surface area contributed by atoms with Gasteiger partial charge in [-0.05, 0) is 49.2 Å². The minimum atomic E-state index is 0.500. The van der Waals surface area contributed by atoms with E-state index in [1.54, 1.807) is 0 Å². The molecule has 0 bridgehead atoms. The van der Waals surface area contributed by atoms with E-state index in [1.165, 1.54) is 0 Å². The van der Waals surface area contributed by atoms with Gasteiger partial charge < -0.3 is 14.2 Å². The second-order valence-electron chi connectivity index (χ2n) is 7.70. The standard InChI is InChI=1S/C26H24N2O3/c1-17-8-10-22(31-16-19-6-4-3-5-7-19)21(14-17)26-25(18(2)27-28-26)20-9-11-23-24(15-20)30-13-12-29-23/h3-11,14-15H,12-13,16H2,1-2H3,(H,27,28). The number of aryl methyl sites for hydroxylation is 2. The monoisotopic (exact) mass is 412 g/mol. The van der Waals surface area contributed by atoms with Gasteiger partial charge in [0.2, 0.25) is 0 Å². The molecule has 2 heterocycles. The highest BCUT2D eigenvalue weighted by Gasteiger charge is 2.20. The molecule has 1 aromatic heterocycles. The molecule has 4 aromatic rings. The van der Waals surface area contributed by atoms with Crippen molar-refractivity contribution in [3.8, 4) is 39.6 Å². The molecule has 156 valence electrons. The van der Waals surface area contributed by atoms with Crippen LogP contribution in [0.2, 0.25) is 0 Å². The number of rotatable bonds is 5. The molecule has 0 unspecified atom stereocenters. The molecule has 5 rings (SSSR count). The number of hydrogen-bond acceptors (Lipinski definition) is 4. The van der Waals surface area contributed by atoms with Crippen molar-refractivity contribution in [2.24, 2.45) is 0 Å². The van der Waals surface area contributed by atoms with E-state index in [1.807, 2.05) is 43.3 Å². The van der Waals surface area contributed by atoms with Gasteiger partial charge in [0.25, 0.3) is 0 Å². The number of fused-ring (bicyclic) bond motifs is 1. The zero-order valence-corrected chi connectivity index (χ0v) is 17.6. The van der Waals surface area contributed by atoms with Crippen LogP contribution < -0.4 is 14.2 Å². The number of ether oxygens (including phenoxy) is 3. The van der Waals surface area contributed by atoms with E-state index in [0.717, 1.165) is 56.5 Å². The summed E-state index contributed by atoms with van der Waals surface area (Å²) in [6, 6.07) is 22.4. The van der Waals surface area contributed by atoms with E-state index < -0.39 is 0 Å². The second kappa shape index (κ2) is 8.19. The van der Waals surface area contributed by atoms with Crippen molar-refractivity contribution in [2.45, 2.75) is 20.5 Å². The van der Waals surface area contributed by atoms with Crippen molar-refractivity contribution in [3.05, 3.63) is 83.6 Å². The van der Waals surface area contributed by atoms with Crippen LogP contribution in [0, 0.1) is 13.8 Å². The summed E-state index contributed by atoms with van der Waals surface area (Å²) in [6.07, 6.45) is 0. The fourth-order valence-electron chi connectivity index (χ4n) is 3.87. The number of nitrogens with zero attached hydrogens (tertiary/aromatic N) is 1. The molecule has 0 atom stereocenters. The Morgan fingerprint density at radius 3 is 2.55 bits per heavy atom. The molecule has 5 heteroatoms. The van der Waals surface area contributed by atoms with Crippen LogP contribution in [0.5, 0.6) is 17.2 Å². The van der Waals surface area contributed by atoms with Gasteiger partial charge in [-0.15, -0.1) is 0 Å². The van der Waals surface area contributed by atoms with E-state index in [0.29, 0.717) is 19.8 Å². The number of H-pyrrole nitrogens is 1. The number of nitrogens with one attached hydrogen (secondary N) is 1. The Bertz CT molecular complexity index is 1210. The minimum Gasteiger partial charge on any atom is -0.488 e. The first-order chi connectivity index (χ1) is 15.2. The smallest absolute Gasteiger partial charge is 0.161 e. The summed E-state index contributed by atoms with van der Waals surface area (Å²) in [7, 11) is 0. The van der Waals surface area contributed by atoms with E-state index in [9.17, 15) is 0 Å². The van der Waals surface area contributed by atoms with Crippen molar-refractivity contribution in [1.82, 2.24) is 10.2 Å². The quantitative estimate of drug-likeness (QED) is 0.456. The summed E-state index contributed by atoms with van der Waals surface area (Å²) in [6.45, 7) is 5.74. The summed E-state index contributed by atoms with van der Waals surface area (Å²) < 4.78 is 17.7. The number of hydrogen-bond donors (Lipinski definition) is 1. The Morgan fingerprint density at radius 1 is 0.903 bits per heavy atom. The van der Waals surface area contributed by atoms with Crippen LogP contribution in [0.4, 0.5) is 0 Å². The van der Waals surface area contributed by atoms with Crippen LogP contribution in [-0.2, 0) is 6.61 Å². The van der Waals surface area contributed by atoms with Gasteiger partial charge in [0.1, 0.15) is 31.3 Å². The lowest BCUT2D eigenvalue weighted by atomic mass is 9.97. The van der Waals surface area contributed by atoms with Crippen LogP contribution in [0.25, 0.3) is 22.4 Å². The van der Waals surface area contributed by atoms with Crippen molar-refractivity contribution in [3.63, 3.8) is 0 Å². The molecule has 0 radical (unpaired) electrons. The van der Waals surface area contributed by atoms with E-state index in [-0.39, 0.29) is 0 Å². The van der Waals surface area contributed by atoms with E-state index in [2.05, 4.69) is 47.5 Å². The average molecular weight is 412 g/mol. The predicted molar refractivity (Wildman–Crippen MR) is 121 cm³/mol. The minimum absolute atomic E-state index is 0.500. The highest BCUT2D eigenvalue weighted by molar-refractivity contribution is 5.86. The molecular formula is C26H24N2O3. The largest absolute Gasteiger partial charge is 0.488 e. The molecule has 5 nitrogen and oxygen atoms in total. The Hall–Kier alpha value is -3.73. The maximum absolute atomic E-state index is 6.22. The molecule has 0 fully saturated rings. The third-order valence-corrected chi connectivity index (χ3v) is 5.41. The van der Waals surface area contributed by atoms with Gasteiger partial charge in [-0.3, -0.25) is 5.10 Å². The van der Waals surface area contributed by atoms with Gasteiger partial charge in [-0.25, -0.2) is 0 Å². The summed E-state index contributed by atoms with van der Waals surface area (Å²) in [5, 5.41) is 7.81. The van der Waals surface area contributed by atoms with E-state index >= 15 is 0 Å². The Labute approximate surface area is 181 Å². The maximum atomic E-state index is 6.22. The summed E-state index contributed by atoms with van der Waals surface area (Å²) in [5.74, 6) is 2.35. The van der Waals surface area contributed by atoms with Gasteiger partial charge >= 0.3 is 0 Å². The zero-order chi connectivity index (χ0) is 21.2. The summed E-state index contributed by atoms with van der Waals surface area (Å²) in [5.41, 5.74) is 7.15. The number of benzene rings is 3. The van der Waals surface area contributed by atoms with Gasteiger partial charge in [0.15, 0.2) is 11.5 Å². The lowest BCUT2D eigenvalue weighted by Crippen LogP contribution is -2.15. The zero-order valence-electron chi connectivity index (χ0n) is 17.6. The van der Waals surface area contributed by atoms with Gasteiger partial charge in [0, 0.05) is 16.8 Å². The first-order valence-electron chi connectivity index (χ1n) is 10.4. The summed E-state index contributed by atoms with van der Waals surface area (Å²) in [4.78, 5) is 0. The van der Waals surface area contributed by atoms with Crippen LogP contribution in [0.15, 0.2) is 66.7 Å². The predicted octanol–water partition coefficient (Wildman–Crippen LogP) is 5.71. The fraction of sp³-hybridized carbons (Fsp3) is 0.192. The van der Waals surface area contributed by atoms with Crippen LogP contribution in [-0.4, -0.2) is 23.4 Å². The fourth-order valence-corrected chi connectivity index (χ4v) is 3.87. The van der Waals surface area contributed by atoms with Gasteiger partial charge in [-0.1, -0.05) is 48.0 Å². The Balaban J connectivity index is 1.55. The molecule has 0 aliphatic carbocycles. The third-order valence-electron chi connectivity index (χ3n) is 5.41. The molecule has 1 aliphatic rings. The second-order valence-corrected chi connectivity index (χ2v) is 7.70. The van der Waals surface area contributed by atoms with Crippen molar-refractivity contribution >= 4 is 0 Å². The average Bonchev–Trinajstić information content (AvgIpc) is 3.19. The SMILES string of the molecule is Cc1ccc(OCc2ccccc2)c(-c2n[nH]c(C)c2-c2ccc3c(c2)OCCO3)c1. The molecule has 31 heavy (non-hydrogen) atoms. The maximum Gasteiger partial charge on any atom is 0.161 e. The molecule has 0 saturated carbocycles. The molecule has 0 spiro atoms. The van der Waals surface area contributed by atoms with Crippen LogP contribution in [0.1, 0.15) is 16.8 Å². The third kappa shape index (κ3) is 3.87. The molecule has 3 aromatic carbocycles. The lowest BCUT2D eigenvalue weighted by Gasteiger charge is -2.19. The van der Waals surface area contributed by atoms with Gasteiger partial charge in [0.05, 0.1) is 0 Å². The lowest BCUT2D eigenvalue weighted by molar-refractivity contribution is 0.171. The Morgan fingerprint density at radius 2 is 1.71 bits per heavy atom. The topological polar surface area (TPSA) is 56.4 Å². The molecule has 0 amide bonds. The number of aromatic amines is 1. The molecule has 1 aliphatic heterocycles. The Kier molecular flexibility index (Phi) is 5.08. The van der Waals surface area contributed by atoms with Crippen molar-refractivity contribution in [1.29, 1.82) is 0 Å². The first kappa shape index (κ1) is 19.2. The van der Waals surface area contributed by atoms with E-state index in [4.69, 9.17) is 14.2 Å². The van der Waals surface area contributed by atoms with Gasteiger partial charge in [-0.2, -0.15) is 5.10 Å². The highest BCUT2D eigenvalue weighted by atomic mass is 16.6. The van der Waals surface area contributed by atoms with Crippen molar-refractivity contribution in [2.75, 3.05) is 13.2 Å². The number of aromatic nitrogens is 2. The molecule has 1 N–H and O–H groups in total. The first-order valence-corrected chi connectivity index (χ1v) is 10.4. The summed E-state index contributed by atoms with van der Waals surface area (Å²) >= 11 is 0. The van der Waals surface area contributed by atoms with Crippen LogP contribution >= 0.6 is 0 Å². The van der Waals surface area contributed by atoms with Crippen molar-refractivity contribution < 1.29 is 14.2 Å². The highest BCUT2D eigenvalue weighted by Crippen LogP contribution is 2.41. The molecular weight excluding hydrogens is 388 g/mol. The normalized spacial score (nSPS) is 12.6. The van der Waals surface area contributed by atoms with Crippen LogP contribution in [0.3, 0.4) is 0 Å². The molecule has 0 saturated heterocycles.